The van der Waals surface area contributed by atoms with Crippen molar-refractivity contribution in [3.63, 3.8) is 0 Å². The zero-order chi connectivity index (χ0) is 25.8. The van der Waals surface area contributed by atoms with Crippen LogP contribution in [0.15, 0.2) is 82.0 Å². The number of nitrogens with one attached hydrogen (secondary N) is 1. The van der Waals surface area contributed by atoms with Gasteiger partial charge in [0.2, 0.25) is 17.2 Å². The van der Waals surface area contributed by atoms with E-state index in [0.717, 1.165) is 26.2 Å². The lowest BCUT2D eigenvalue weighted by molar-refractivity contribution is -0.117. The minimum absolute atomic E-state index is 0.115. The van der Waals surface area contributed by atoms with Gasteiger partial charge in [0.1, 0.15) is 5.58 Å². The first-order chi connectivity index (χ1) is 18.1. The molecule has 190 valence electrons. The molecule has 0 saturated carbocycles. The Kier molecular flexibility index (Phi) is 7.09. The SMILES string of the molecule is COc1ccc(-c2c(NC(=O)CN3CCN(c4ccccc4)CC3)oc3ccccc3c2=O)cc1OC. The normalized spacial score (nSPS) is 13.9. The number of carbonyl (C=O) groups is 1. The zero-order valence-electron chi connectivity index (χ0n) is 20.9. The van der Waals surface area contributed by atoms with E-state index in [1.807, 2.05) is 18.2 Å². The molecule has 8 nitrogen and oxygen atoms in total. The highest BCUT2D eigenvalue weighted by Gasteiger charge is 2.23. The van der Waals surface area contributed by atoms with Gasteiger partial charge < -0.3 is 18.8 Å². The van der Waals surface area contributed by atoms with Gasteiger partial charge in [0.15, 0.2) is 11.5 Å². The minimum Gasteiger partial charge on any atom is -0.493 e. The van der Waals surface area contributed by atoms with Crippen LogP contribution in [0.4, 0.5) is 11.6 Å². The second-order valence-corrected chi connectivity index (χ2v) is 8.85. The van der Waals surface area contributed by atoms with Crippen LogP contribution in [0.25, 0.3) is 22.1 Å². The molecule has 4 aromatic rings. The summed E-state index contributed by atoms with van der Waals surface area (Å²) in [6, 6.07) is 22.4. The number of methoxy groups -OCH3 is 2. The fraction of sp³-hybridized carbons (Fsp3) is 0.241. The Morgan fingerprint density at radius 2 is 1.59 bits per heavy atom. The Bertz CT molecular complexity index is 1460. The maximum absolute atomic E-state index is 13.5. The number of para-hydroxylation sites is 2. The molecule has 1 N–H and O–H groups in total. The fourth-order valence-corrected chi connectivity index (χ4v) is 4.66. The van der Waals surface area contributed by atoms with Gasteiger partial charge in [-0.1, -0.05) is 36.4 Å². The average Bonchev–Trinajstić information content (AvgIpc) is 2.94. The number of amides is 1. The standard InChI is InChI=1S/C29H29N3O5/c1-35-24-13-12-20(18-25(24)36-2)27-28(34)22-10-6-7-11-23(22)37-29(27)30-26(33)19-31-14-16-32(17-15-31)21-8-4-3-5-9-21/h3-13,18H,14-17,19H2,1-2H3,(H,30,33). The number of ether oxygens (including phenoxy) is 2. The summed E-state index contributed by atoms with van der Waals surface area (Å²) in [5.41, 5.74) is 2.18. The highest BCUT2D eigenvalue weighted by Crippen LogP contribution is 2.35. The molecule has 1 aliphatic heterocycles. The van der Waals surface area contributed by atoms with Gasteiger partial charge in [-0.3, -0.25) is 19.8 Å². The summed E-state index contributed by atoms with van der Waals surface area (Å²) in [4.78, 5) is 31.1. The first-order valence-electron chi connectivity index (χ1n) is 12.2. The average molecular weight is 500 g/mol. The van der Waals surface area contributed by atoms with Gasteiger partial charge in [0.05, 0.1) is 31.7 Å². The Balaban J connectivity index is 1.39. The largest absolute Gasteiger partial charge is 0.493 e. The number of nitrogens with zero attached hydrogens (tertiary/aromatic N) is 2. The quantitative estimate of drug-likeness (QED) is 0.407. The number of fused-ring (bicyclic) bond motifs is 1. The second-order valence-electron chi connectivity index (χ2n) is 8.85. The van der Waals surface area contributed by atoms with E-state index in [2.05, 4.69) is 27.2 Å². The van der Waals surface area contributed by atoms with Crippen molar-refractivity contribution in [2.24, 2.45) is 0 Å². The van der Waals surface area contributed by atoms with Crippen LogP contribution < -0.4 is 25.1 Å². The summed E-state index contributed by atoms with van der Waals surface area (Å²) in [5, 5.41) is 3.30. The van der Waals surface area contributed by atoms with Crippen molar-refractivity contribution in [3.05, 3.63) is 83.0 Å². The van der Waals surface area contributed by atoms with Crippen LogP contribution in [0.3, 0.4) is 0 Å². The van der Waals surface area contributed by atoms with Crippen molar-refractivity contribution in [1.82, 2.24) is 4.90 Å². The molecule has 0 spiro atoms. The molecule has 0 bridgehead atoms. The number of hydrogen-bond donors (Lipinski definition) is 1. The molecule has 37 heavy (non-hydrogen) atoms. The van der Waals surface area contributed by atoms with Gasteiger partial charge in [-0.15, -0.1) is 0 Å². The lowest BCUT2D eigenvalue weighted by Gasteiger charge is -2.35. The number of hydrogen-bond acceptors (Lipinski definition) is 7. The lowest BCUT2D eigenvalue weighted by Crippen LogP contribution is -2.48. The van der Waals surface area contributed by atoms with Crippen LogP contribution in [0.2, 0.25) is 0 Å². The van der Waals surface area contributed by atoms with Gasteiger partial charge in [-0.25, -0.2) is 0 Å². The molecule has 0 aliphatic carbocycles. The van der Waals surface area contributed by atoms with Crippen molar-refractivity contribution in [2.75, 3.05) is 57.2 Å². The molecular weight excluding hydrogens is 470 g/mol. The topological polar surface area (TPSA) is 84.3 Å². The lowest BCUT2D eigenvalue weighted by atomic mass is 10.0. The molecule has 5 rings (SSSR count). The monoisotopic (exact) mass is 499 g/mol. The van der Waals surface area contributed by atoms with Gasteiger partial charge in [0, 0.05) is 31.9 Å². The maximum atomic E-state index is 13.5. The molecule has 0 atom stereocenters. The molecule has 0 radical (unpaired) electrons. The number of carbonyl (C=O) groups excluding carboxylic acids is 1. The first kappa shape index (κ1) is 24.4. The second kappa shape index (κ2) is 10.8. The van der Waals surface area contributed by atoms with Crippen LogP contribution in [-0.4, -0.2) is 57.8 Å². The third-order valence-electron chi connectivity index (χ3n) is 6.58. The van der Waals surface area contributed by atoms with Crippen LogP contribution in [0, 0.1) is 0 Å². The fourth-order valence-electron chi connectivity index (χ4n) is 4.66. The minimum atomic E-state index is -0.242. The highest BCUT2D eigenvalue weighted by atomic mass is 16.5. The first-order valence-corrected chi connectivity index (χ1v) is 12.2. The summed E-state index contributed by atoms with van der Waals surface area (Å²) >= 11 is 0. The third-order valence-corrected chi connectivity index (χ3v) is 6.58. The molecule has 1 aromatic heterocycles. The molecule has 1 aliphatic rings. The zero-order valence-corrected chi connectivity index (χ0v) is 20.9. The van der Waals surface area contributed by atoms with Gasteiger partial charge in [0.25, 0.3) is 0 Å². The molecule has 2 heterocycles. The summed E-state index contributed by atoms with van der Waals surface area (Å²) < 4.78 is 16.8. The van der Waals surface area contributed by atoms with Crippen molar-refractivity contribution < 1.29 is 18.7 Å². The van der Waals surface area contributed by atoms with E-state index in [-0.39, 0.29) is 29.3 Å². The van der Waals surface area contributed by atoms with Crippen molar-refractivity contribution in [1.29, 1.82) is 0 Å². The molecule has 0 unspecified atom stereocenters. The van der Waals surface area contributed by atoms with Crippen molar-refractivity contribution in [3.8, 4) is 22.6 Å². The number of anilines is 2. The molecule has 3 aromatic carbocycles. The van der Waals surface area contributed by atoms with Gasteiger partial charge in [-0.2, -0.15) is 0 Å². The highest BCUT2D eigenvalue weighted by molar-refractivity contribution is 5.97. The van der Waals surface area contributed by atoms with E-state index in [1.54, 1.807) is 49.6 Å². The Hall–Kier alpha value is -4.30. The van der Waals surface area contributed by atoms with Crippen LogP contribution in [0.1, 0.15) is 0 Å². The van der Waals surface area contributed by atoms with Crippen LogP contribution in [-0.2, 0) is 4.79 Å². The van der Waals surface area contributed by atoms with Gasteiger partial charge >= 0.3 is 0 Å². The molecular formula is C29H29N3O5. The van der Waals surface area contributed by atoms with E-state index in [0.29, 0.717) is 28.0 Å². The van der Waals surface area contributed by atoms with Crippen LogP contribution >= 0.6 is 0 Å². The summed E-state index contributed by atoms with van der Waals surface area (Å²) in [7, 11) is 3.08. The van der Waals surface area contributed by atoms with Crippen LogP contribution in [0.5, 0.6) is 11.5 Å². The summed E-state index contributed by atoms with van der Waals surface area (Å²) in [5.74, 6) is 0.884. The van der Waals surface area contributed by atoms with E-state index < -0.39 is 0 Å². The molecule has 1 amide bonds. The molecule has 1 saturated heterocycles. The smallest absolute Gasteiger partial charge is 0.240 e. The summed E-state index contributed by atoms with van der Waals surface area (Å²) in [6.45, 7) is 3.38. The predicted octanol–water partition coefficient (Wildman–Crippen LogP) is 4.24. The van der Waals surface area contributed by atoms with E-state index in [9.17, 15) is 9.59 Å². The molecule has 8 heteroatoms. The Morgan fingerprint density at radius 1 is 0.892 bits per heavy atom. The van der Waals surface area contributed by atoms with Crippen molar-refractivity contribution in [2.45, 2.75) is 0 Å². The van der Waals surface area contributed by atoms with E-state index in [4.69, 9.17) is 13.9 Å². The Morgan fingerprint density at radius 3 is 2.32 bits per heavy atom. The van der Waals surface area contributed by atoms with Gasteiger partial charge in [-0.05, 0) is 42.0 Å². The van der Waals surface area contributed by atoms with E-state index >= 15 is 0 Å². The number of rotatable bonds is 7. The predicted molar refractivity (Wildman–Crippen MR) is 145 cm³/mol. The number of benzene rings is 3. The Labute approximate surface area is 215 Å². The van der Waals surface area contributed by atoms with Crippen molar-refractivity contribution >= 4 is 28.4 Å². The number of piperazine rings is 1. The van der Waals surface area contributed by atoms with E-state index in [1.165, 1.54) is 12.8 Å². The summed E-state index contributed by atoms with van der Waals surface area (Å²) in [6.07, 6.45) is 0. The molecule has 1 fully saturated rings. The maximum Gasteiger partial charge on any atom is 0.240 e. The third kappa shape index (κ3) is 5.15.